The van der Waals surface area contributed by atoms with Crippen molar-refractivity contribution < 1.29 is 13.2 Å². The second kappa shape index (κ2) is 4.27. The normalized spacial score (nSPS) is 16.1. The summed E-state index contributed by atoms with van der Waals surface area (Å²) in [5.74, 6) is 1.24. The number of para-hydroxylation sites is 1. The van der Waals surface area contributed by atoms with E-state index in [0.717, 1.165) is 22.9 Å². The Morgan fingerprint density at radius 1 is 1.00 bits per heavy atom. The largest absolute Gasteiger partial charge is 0.416 e. The van der Waals surface area contributed by atoms with Crippen molar-refractivity contribution in [3.05, 3.63) is 53.6 Å². The molecule has 4 rings (SSSR count). The van der Waals surface area contributed by atoms with Gasteiger partial charge in [-0.1, -0.05) is 24.3 Å². The first-order chi connectivity index (χ1) is 10.1. The Labute approximate surface area is 123 Å². The lowest BCUT2D eigenvalue weighted by Crippen LogP contribution is -2.31. The SMILES string of the molecule is FC(F)(F)c1ccc2c(c1)C1=NSCN1c1ccccc1-2. The second-order valence-corrected chi connectivity index (χ2v) is 5.58. The molecule has 21 heavy (non-hydrogen) atoms. The number of hydrogen-bond donors (Lipinski definition) is 0. The van der Waals surface area contributed by atoms with Crippen LogP contribution in [0.2, 0.25) is 0 Å². The maximum Gasteiger partial charge on any atom is 0.416 e. The number of halogens is 3. The van der Waals surface area contributed by atoms with E-state index >= 15 is 0 Å². The Hall–Kier alpha value is -1.95. The highest BCUT2D eigenvalue weighted by atomic mass is 32.2. The highest BCUT2D eigenvalue weighted by Gasteiger charge is 2.35. The van der Waals surface area contributed by atoms with Crippen molar-refractivity contribution >= 4 is 23.5 Å². The Bertz CT molecular complexity index is 768. The van der Waals surface area contributed by atoms with Crippen LogP contribution in [0.15, 0.2) is 46.9 Å². The molecule has 2 aromatic rings. The molecule has 106 valence electrons. The minimum absolute atomic E-state index is 0.550. The molecule has 0 bridgehead atoms. The van der Waals surface area contributed by atoms with Crippen molar-refractivity contribution in [2.45, 2.75) is 6.18 Å². The molecule has 0 fully saturated rings. The van der Waals surface area contributed by atoms with Crippen molar-refractivity contribution in [2.75, 3.05) is 10.8 Å². The van der Waals surface area contributed by atoms with Gasteiger partial charge >= 0.3 is 6.18 Å². The average Bonchev–Trinajstić information content (AvgIpc) is 2.96. The molecule has 0 radical (unpaired) electrons. The Morgan fingerprint density at radius 3 is 2.62 bits per heavy atom. The third-order valence-corrected chi connectivity index (χ3v) is 4.34. The molecular formula is C15H9F3N2S. The van der Waals surface area contributed by atoms with Crippen LogP contribution in [0.1, 0.15) is 11.1 Å². The minimum Gasteiger partial charge on any atom is -0.313 e. The monoisotopic (exact) mass is 306 g/mol. The quantitative estimate of drug-likeness (QED) is 0.663. The molecule has 2 aliphatic rings. The molecule has 0 amide bonds. The van der Waals surface area contributed by atoms with E-state index in [1.807, 2.05) is 29.2 Å². The van der Waals surface area contributed by atoms with Crippen LogP contribution in [0.3, 0.4) is 0 Å². The lowest BCUT2D eigenvalue weighted by Gasteiger charge is -2.29. The highest BCUT2D eigenvalue weighted by molar-refractivity contribution is 7.98. The van der Waals surface area contributed by atoms with E-state index in [4.69, 9.17) is 0 Å². The number of nitrogens with zero attached hydrogens (tertiary/aromatic N) is 2. The number of amidine groups is 1. The minimum atomic E-state index is -4.34. The zero-order valence-corrected chi connectivity index (χ0v) is 11.5. The fourth-order valence-electron chi connectivity index (χ4n) is 2.71. The lowest BCUT2D eigenvalue weighted by atomic mass is 9.91. The fourth-order valence-corrected chi connectivity index (χ4v) is 3.47. The van der Waals surface area contributed by atoms with Crippen molar-refractivity contribution in [1.29, 1.82) is 0 Å². The molecule has 0 spiro atoms. The van der Waals surface area contributed by atoms with Crippen LogP contribution in [0.25, 0.3) is 11.1 Å². The molecule has 0 aromatic heterocycles. The van der Waals surface area contributed by atoms with E-state index in [2.05, 4.69) is 4.40 Å². The van der Waals surface area contributed by atoms with E-state index in [0.29, 0.717) is 17.3 Å². The van der Waals surface area contributed by atoms with Crippen LogP contribution in [-0.2, 0) is 6.18 Å². The molecule has 2 aromatic carbocycles. The van der Waals surface area contributed by atoms with Gasteiger partial charge in [-0.25, -0.2) is 0 Å². The molecule has 0 unspecified atom stereocenters. The number of fused-ring (bicyclic) bond motifs is 6. The smallest absolute Gasteiger partial charge is 0.313 e. The van der Waals surface area contributed by atoms with Crippen molar-refractivity contribution in [3.8, 4) is 11.1 Å². The maximum atomic E-state index is 12.9. The summed E-state index contributed by atoms with van der Waals surface area (Å²) in [6.07, 6.45) is -4.34. The predicted octanol–water partition coefficient (Wildman–Crippen LogP) is 4.56. The molecule has 0 atom stereocenters. The highest BCUT2D eigenvalue weighted by Crippen LogP contribution is 2.44. The molecule has 2 aliphatic heterocycles. The van der Waals surface area contributed by atoms with Crippen LogP contribution in [-0.4, -0.2) is 11.7 Å². The Balaban J connectivity index is 2.00. The second-order valence-electron chi connectivity index (χ2n) is 4.88. The molecule has 0 N–H and O–H groups in total. The fraction of sp³-hybridized carbons (Fsp3) is 0.133. The van der Waals surface area contributed by atoms with Crippen LogP contribution < -0.4 is 4.90 Å². The van der Waals surface area contributed by atoms with Gasteiger partial charge in [0.25, 0.3) is 0 Å². The molecule has 2 nitrogen and oxygen atoms in total. The number of rotatable bonds is 0. The van der Waals surface area contributed by atoms with Crippen molar-refractivity contribution in [2.24, 2.45) is 4.40 Å². The van der Waals surface area contributed by atoms with Crippen LogP contribution in [0, 0.1) is 0 Å². The summed E-state index contributed by atoms with van der Waals surface area (Å²) in [7, 11) is 0. The maximum absolute atomic E-state index is 12.9. The van der Waals surface area contributed by atoms with Gasteiger partial charge in [0.1, 0.15) is 5.84 Å². The third kappa shape index (κ3) is 1.86. The number of hydrogen-bond acceptors (Lipinski definition) is 3. The van der Waals surface area contributed by atoms with Gasteiger partial charge in [0.2, 0.25) is 0 Å². The van der Waals surface area contributed by atoms with Gasteiger partial charge < -0.3 is 4.90 Å². The summed E-state index contributed by atoms with van der Waals surface area (Å²) in [5, 5.41) is 0. The number of benzene rings is 2. The summed E-state index contributed by atoms with van der Waals surface area (Å²) in [6, 6.07) is 11.6. The van der Waals surface area contributed by atoms with Gasteiger partial charge in [-0.15, -0.1) is 0 Å². The summed E-state index contributed by atoms with van der Waals surface area (Å²) >= 11 is 1.35. The van der Waals surface area contributed by atoms with E-state index in [1.54, 1.807) is 6.07 Å². The van der Waals surface area contributed by atoms with E-state index in [9.17, 15) is 13.2 Å². The predicted molar refractivity (Wildman–Crippen MR) is 78.4 cm³/mol. The van der Waals surface area contributed by atoms with Gasteiger partial charge in [-0.2, -0.15) is 17.6 Å². The van der Waals surface area contributed by atoms with Gasteiger partial charge in [-0.3, -0.25) is 0 Å². The molecule has 6 heteroatoms. The first-order valence-electron chi connectivity index (χ1n) is 6.34. The Kier molecular flexibility index (Phi) is 2.60. The van der Waals surface area contributed by atoms with Crippen molar-refractivity contribution in [1.82, 2.24) is 0 Å². The number of alkyl halides is 3. The van der Waals surface area contributed by atoms with E-state index in [-0.39, 0.29) is 0 Å². The lowest BCUT2D eigenvalue weighted by molar-refractivity contribution is -0.137. The first-order valence-corrected chi connectivity index (χ1v) is 7.28. The topological polar surface area (TPSA) is 15.6 Å². The van der Waals surface area contributed by atoms with E-state index < -0.39 is 11.7 Å². The zero-order valence-electron chi connectivity index (χ0n) is 10.7. The summed E-state index contributed by atoms with van der Waals surface area (Å²) < 4.78 is 43.1. The molecule has 0 aliphatic carbocycles. The van der Waals surface area contributed by atoms with Crippen molar-refractivity contribution in [3.63, 3.8) is 0 Å². The third-order valence-electron chi connectivity index (χ3n) is 3.67. The van der Waals surface area contributed by atoms with Gasteiger partial charge in [0, 0.05) is 11.1 Å². The Morgan fingerprint density at radius 2 is 1.81 bits per heavy atom. The molecule has 2 heterocycles. The molecule has 0 saturated heterocycles. The zero-order chi connectivity index (χ0) is 14.6. The van der Waals surface area contributed by atoms with Crippen LogP contribution >= 0.6 is 11.9 Å². The summed E-state index contributed by atoms with van der Waals surface area (Å²) in [6.45, 7) is 0. The average molecular weight is 306 g/mol. The van der Waals surface area contributed by atoms with Gasteiger partial charge in [0.05, 0.1) is 17.1 Å². The van der Waals surface area contributed by atoms with E-state index in [1.165, 1.54) is 18.0 Å². The summed E-state index contributed by atoms with van der Waals surface area (Å²) in [5.41, 5.74) is 2.65. The van der Waals surface area contributed by atoms with Crippen LogP contribution in [0.5, 0.6) is 0 Å². The summed E-state index contributed by atoms with van der Waals surface area (Å²) in [4.78, 5) is 1.96. The number of anilines is 1. The first kappa shape index (κ1) is 12.8. The molecule has 0 saturated carbocycles. The van der Waals surface area contributed by atoms with Gasteiger partial charge in [-0.05, 0) is 35.7 Å². The standard InChI is InChI=1S/C15H9F3N2S/c16-15(17,18)9-5-6-10-11-3-1-2-4-13(11)20-8-21-19-14(20)12(10)7-9/h1-7H,8H2. The molecular weight excluding hydrogens is 297 g/mol. The van der Waals surface area contributed by atoms with Crippen LogP contribution in [0.4, 0.5) is 18.9 Å². The van der Waals surface area contributed by atoms with Gasteiger partial charge in [0.15, 0.2) is 0 Å².